The summed E-state index contributed by atoms with van der Waals surface area (Å²) in [6.45, 7) is 12.0. The fraction of sp³-hybridized carbons (Fsp3) is 0.774. The van der Waals surface area contributed by atoms with E-state index in [1.807, 2.05) is 13.8 Å². The van der Waals surface area contributed by atoms with Crippen LogP contribution in [0.25, 0.3) is 0 Å². The third-order valence-electron chi connectivity index (χ3n) is 12.6. The van der Waals surface area contributed by atoms with Crippen LogP contribution in [0.5, 0.6) is 0 Å². The number of allylic oxidation sites excluding steroid dienone is 2. The Morgan fingerprint density at radius 2 is 1.66 bits per heavy atom. The van der Waals surface area contributed by atoms with Gasteiger partial charge in [0.25, 0.3) is 0 Å². The van der Waals surface area contributed by atoms with Gasteiger partial charge in [0.1, 0.15) is 17.0 Å². The van der Waals surface area contributed by atoms with E-state index in [0.717, 1.165) is 12.0 Å². The van der Waals surface area contributed by atoms with E-state index in [-0.39, 0.29) is 40.8 Å². The molecule has 3 N–H and O–H groups in total. The van der Waals surface area contributed by atoms with Gasteiger partial charge in [0, 0.05) is 22.7 Å². The Morgan fingerprint density at radius 1 is 1.03 bits per heavy atom. The molecule has 38 heavy (non-hydrogen) atoms. The molecule has 7 nitrogen and oxygen atoms in total. The van der Waals surface area contributed by atoms with Gasteiger partial charge in [0.15, 0.2) is 5.78 Å². The molecule has 5 aliphatic rings. The second kappa shape index (κ2) is 7.73. The van der Waals surface area contributed by atoms with Gasteiger partial charge in [-0.1, -0.05) is 40.2 Å². The van der Waals surface area contributed by atoms with E-state index in [9.17, 15) is 30.2 Å². The van der Waals surface area contributed by atoms with Gasteiger partial charge in [-0.05, 0) is 75.2 Å². The normalized spacial score (nSPS) is 49.5. The minimum absolute atomic E-state index is 0.139. The smallest absolute Gasteiger partial charge is 0.312 e. The van der Waals surface area contributed by atoms with Crippen molar-refractivity contribution in [2.75, 3.05) is 7.11 Å². The van der Waals surface area contributed by atoms with Crippen molar-refractivity contribution in [3.8, 4) is 6.07 Å². The van der Waals surface area contributed by atoms with Gasteiger partial charge in [-0.3, -0.25) is 9.59 Å². The molecule has 0 spiro atoms. The zero-order valence-corrected chi connectivity index (χ0v) is 23.9. The van der Waals surface area contributed by atoms with Gasteiger partial charge in [-0.2, -0.15) is 5.26 Å². The number of ether oxygens (including phenoxy) is 1. The molecular weight excluding hydrogens is 482 g/mol. The lowest BCUT2D eigenvalue weighted by Crippen LogP contribution is -2.75. The summed E-state index contributed by atoms with van der Waals surface area (Å²) in [5, 5.41) is 44.9. The molecule has 0 heterocycles. The van der Waals surface area contributed by atoms with Crippen LogP contribution in [-0.4, -0.2) is 45.4 Å². The van der Waals surface area contributed by atoms with Gasteiger partial charge < -0.3 is 20.1 Å². The maximum atomic E-state index is 14.4. The Balaban J connectivity index is 1.73. The fourth-order valence-corrected chi connectivity index (χ4v) is 10.1. The first-order chi connectivity index (χ1) is 17.4. The number of nitrogens with zero attached hydrogens (tertiary/aromatic N) is 1. The molecule has 0 bridgehead atoms. The van der Waals surface area contributed by atoms with Crippen molar-refractivity contribution in [3.05, 3.63) is 23.0 Å². The van der Waals surface area contributed by atoms with Gasteiger partial charge >= 0.3 is 5.97 Å². The predicted molar refractivity (Wildman–Crippen MR) is 140 cm³/mol. The van der Waals surface area contributed by atoms with E-state index in [1.165, 1.54) is 7.11 Å². The molecule has 208 valence electrons. The largest absolute Gasteiger partial charge is 0.508 e. The first-order valence-electron chi connectivity index (χ1n) is 14.0. The lowest BCUT2D eigenvalue weighted by molar-refractivity contribution is -0.250. The second-order valence-electron chi connectivity index (χ2n) is 14.7. The van der Waals surface area contributed by atoms with Crippen LogP contribution in [0.3, 0.4) is 0 Å². The zero-order chi connectivity index (χ0) is 28.3. The highest BCUT2D eigenvalue weighted by Gasteiger charge is 2.77. The Bertz CT molecular complexity index is 1220. The minimum atomic E-state index is -1.76. The third-order valence-corrected chi connectivity index (χ3v) is 12.6. The highest BCUT2D eigenvalue weighted by Crippen LogP contribution is 2.75. The molecule has 3 fully saturated rings. The molecule has 0 amide bonds. The van der Waals surface area contributed by atoms with Crippen LogP contribution < -0.4 is 0 Å². The SMILES string of the molecule is COC(=O)[C@]12CCC(C)(C)C[C@H]1[C@@]1(O)C(=O)C=C3[C@@]4(C)CC(C#N)=C(O)[C@@](C)(O)C4CC[C@@]3(C)[C@]1(C)CC2. The van der Waals surface area contributed by atoms with Crippen molar-refractivity contribution in [3.63, 3.8) is 0 Å². The maximum Gasteiger partial charge on any atom is 0.312 e. The van der Waals surface area contributed by atoms with Crippen molar-refractivity contribution in [1.29, 1.82) is 5.26 Å². The van der Waals surface area contributed by atoms with Gasteiger partial charge in [0.2, 0.25) is 0 Å². The molecule has 3 saturated carbocycles. The average Bonchev–Trinajstić information content (AvgIpc) is 2.85. The second-order valence-corrected chi connectivity index (χ2v) is 14.7. The summed E-state index contributed by atoms with van der Waals surface area (Å²) >= 11 is 0. The molecule has 7 heteroatoms. The van der Waals surface area contributed by atoms with Crippen LogP contribution in [0.2, 0.25) is 0 Å². The van der Waals surface area contributed by atoms with Crippen molar-refractivity contribution >= 4 is 11.8 Å². The predicted octanol–water partition coefficient (Wildman–Crippen LogP) is 4.93. The van der Waals surface area contributed by atoms with Crippen LogP contribution in [0.4, 0.5) is 0 Å². The first-order valence-corrected chi connectivity index (χ1v) is 14.0. The molecule has 0 aromatic heterocycles. The summed E-state index contributed by atoms with van der Waals surface area (Å²) in [4.78, 5) is 27.8. The lowest BCUT2D eigenvalue weighted by Gasteiger charge is -2.71. The van der Waals surface area contributed by atoms with Crippen LogP contribution >= 0.6 is 0 Å². The summed E-state index contributed by atoms with van der Waals surface area (Å²) < 4.78 is 5.32. The molecule has 0 saturated heterocycles. The monoisotopic (exact) mass is 525 g/mol. The quantitative estimate of drug-likeness (QED) is 0.414. The highest BCUT2D eigenvalue weighted by molar-refractivity contribution is 6.01. The number of hydrogen-bond donors (Lipinski definition) is 3. The number of aliphatic hydroxyl groups is 3. The summed E-state index contributed by atoms with van der Waals surface area (Å²) in [6, 6.07) is 2.09. The van der Waals surface area contributed by atoms with E-state index < -0.39 is 38.8 Å². The molecule has 5 rings (SSSR count). The molecule has 0 radical (unpaired) electrons. The van der Waals surface area contributed by atoms with E-state index in [4.69, 9.17) is 4.74 Å². The lowest BCUT2D eigenvalue weighted by atomic mass is 9.33. The number of carbonyl (C=O) groups is 2. The van der Waals surface area contributed by atoms with Crippen molar-refractivity contribution in [2.24, 2.45) is 38.9 Å². The number of nitriles is 1. The average molecular weight is 526 g/mol. The van der Waals surface area contributed by atoms with Crippen molar-refractivity contribution in [1.82, 2.24) is 0 Å². The number of aliphatic hydroxyl groups excluding tert-OH is 1. The number of fused-ring (bicyclic) bond motifs is 7. The van der Waals surface area contributed by atoms with E-state index >= 15 is 0 Å². The number of ketones is 1. The van der Waals surface area contributed by atoms with Crippen molar-refractivity contribution in [2.45, 2.75) is 104 Å². The fourth-order valence-electron chi connectivity index (χ4n) is 10.1. The van der Waals surface area contributed by atoms with Gasteiger partial charge in [-0.15, -0.1) is 0 Å². The minimum Gasteiger partial charge on any atom is -0.508 e. The Morgan fingerprint density at radius 3 is 2.26 bits per heavy atom. The zero-order valence-electron chi connectivity index (χ0n) is 23.9. The summed E-state index contributed by atoms with van der Waals surface area (Å²) in [5.74, 6) is -1.96. The van der Waals surface area contributed by atoms with Gasteiger partial charge in [-0.25, -0.2) is 0 Å². The number of methoxy groups -OCH3 is 1. The Kier molecular flexibility index (Phi) is 5.57. The Labute approximate surface area is 225 Å². The van der Waals surface area contributed by atoms with Crippen LogP contribution in [0.1, 0.15) is 92.9 Å². The van der Waals surface area contributed by atoms with E-state index in [0.29, 0.717) is 38.5 Å². The van der Waals surface area contributed by atoms with Crippen molar-refractivity contribution < 1.29 is 29.6 Å². The molecule has 0 aliphatic heterocycles. The summed E-state index contributed by atoms with van der Waals surface area (Å²) in [6.07, 6.45) is 5.96. The number of hydrogen-bond acceptors (Lipinski definition) is 7. The summed E-state index contributed by atoms with van der Waals surface area (Å²) in [7, 11) is 1.39. The molecule has 8 atom stereocenters. The maximum absolute atomic E-state index is 14.4. The Hall–Kier alpha value is -2.17. The van der Waals surface area contributed by atoms with E-state index in [2.05, 4.69) is 26.8 Å². The topological polar surface area (TPSA) is 128 Å². The third kappa shape index (κ3) is 2.92. The van der Waals surface area contributed by atoms with E-state index in [1.54, 1.807) is 13.0 Å². The molecule has 1 unspecified atom stereocenters. The molecule has 5 aliphatic carbocycles. The first kappa shape index (κ1) is 27.4. The standard InChI is InChI=1S/C31H43NO6/c1-25(2)10-12-30(24(35)38-7)13-11-28(5)27(4)9-8-19-26(3,15-18(17-32)23(34)29(19,6)36)20(27)14-22(33)31(28,37)21(30)16-25/h14,19,21,34,36-37H,8-13,15-16H2,1-7H3/t19?,21-,26+,27-,28+,29+,30+,31-/m1/s1. The number of esters is 1. The number of carbonyl (C=O) groups excluding carboxylic acids is 2. The molecule has 0 aromatic rings. The molecular formula is C31H43NO6. The summed E-state index contributed by atoms with van der Waals surface area (Å²) in [5.41, 5.74) is -5.66. The van der Waals surface area contributed by atoms with Crippen LogP contribution in [0, 0.1) is 50.2 Å². The molecule has 0 aromatic carbocycles. The van der Waals surface area contributed by atoms with Crippen LogP contribution in [0.15, 0.2) is 23.0 Å². The van der Waals surface area contributed by atoms with Gasteiger partial charge in [0.05, 0.1) is 24.2 Å². The highest BCUT2D eigenvalue weighted by atomic mass is 16.5. The number of rotatable bonds is 1. The van der Waals surface area contributed by atoms with Crippen LogP contribution in [-0.2, 0) is 14.3 Å².